The molecule has 0 aliphatic carbocycles. The molecule has 0 atom stereocenters. The molecule has 3 nitrogen and oxygen atoms in total. The number of nitrogens with zero attached hydrogens (tertiary/aromatic N) is 1. The Labute approximate surface area is 95.2 Å². The standard InChI is InChI=1S/C11H9BrN2O/c1-14-8-4-6(12)2-3-7(8)10-9(14)5-13-11(10)15/h2-4H,5H2,1H3,(H,13,15). The molecule has 2 heterocycles. The van der Waals surface area contributed by atoms with Crippen LogP contribution in [0.1, 0.15) is 16.1 Å². The van der Waals surface area contributed by atoms with Crippen LogP contribution in [-0.4, -0.2) is 10.5 Å². The first-order valence-corrected chi connectivity index (χ1v) is 5.53. The molecule has 1 N–H and O–H groups in total. The minimum absolute atomic E-state index is 0.0397. The molecule has 0 fully saturated rings. The first kappa shape index (κ1) is 8.97. The number of nitrogens with one attached hydrogen (secondary N) is 1. The van der Waals surface area contributed by atoms with E-state index in [4.69, 9.17) is 0 Å². The van der Waals surface area contributed by atoms with Gasteiger partial charge in [-0.15, -0.1) is 0 Å². The second-order valence-electron chi connectivity index (χ2n) is 3.72. The topological polar surface area (TPSA) is 34.0 Å². The Bertz CT molecular complexity index is 586. The number of rotatable bonds is 0. The zero-order valence-corrected chi connectivity index (χ0v) is 9.76. The summed E-state index contributed by atoms with van der Waals surface area (Å²) in [5.74, 6) is 0.0397. The van der Waals surface area contributed by atoms with Crippen molar-refractivity contribution in [3.8, 4) is 0 Å². The van der Waals surface area contributed by atoms with Crippen LogP contribution in [0.15, 0.2) is 22.7 Å². The Hall–Kier alpha value is -1.29. The van der Waals surface area contributed by atoms with Crippen LogP contribution in [-0.2, 0) is 13.6 Å². The Balaban J connectivity index is 2.48. The van der Waals surface area contributed by atoms with Crippen molar-refractivity contribution in [2.24, 2.45) is 7.05 Å². The third kappa shape index (κ3) is 1.08. The number of amides is 1. The van der Waals surface area contributed by atoms with Crippen LogP contribution in [0.25, 0.3) is 10.9 Å². The van der Waals surface area contributed by atoms with Gasteiger partial charge in [0, 0.05) is 22.4 Å². The highest BCUT2D eigenvalue weighted by Gasteiger charge is 2.26. The molecule has 0 bridgehead atoms. The van der Waals surface area contributed by atoms with Gasteiger partial charge in [-0.25, -0.2) is 0 Å². The summed E-state index contributed by atoms with van der Waals surface area (Å²) in [5.41, 5.74) is 3.01. The zero-order chi connectivity index (χ0) is 10.6. The lowest BCUT2D eigenvalue weighted by atomic mass is 10.1. The van der Waals surface area contributed by atoms with E-state index in [1.165, 1.54) is 0 Å². The SMILES string of the molecule is Cn1c2c(c3ccc(Br)cc31)C(=O)NC2. The molecule has 15 heavy (non-hydrogen) atoms. The molecule has 0 spiro atoms. The van der Waals surface area contributed by atoms with E-state index in [0.717, 1.165) is 26.6 Å². The van der Waals surface area contributed by atoms with Crippen molar-refractivity contribution in [3.63, 3.8) is 0 Å². The molecule has 3 rings (SSSR count). The minimum atomic E-state index is 0.0397. The highest BCUT2D eigenvalue weighted by Crippen LogP contribution is 2.30. The van der Waals surface area contributed by atoms with E-state index in [-0.39, 0.29) is 5.91 Å². The summed E-state index contributed by atoms with van der Waals surface area (Å²) in [6, 6.07) is 6.00. The summed E-state index contributed by atoms with van der Waals surface area (Å²) in [6.45, 7) is 0.636. The summed E-state index contributed by atoms with van der Waals surface area (Å²) < 4.78 is 3.11. The summed E-state index contributed by atoms with van der Waals surface area (Å²) in [7, 11) is 1.99. The quantitative estimate of drug-likeness (QED) is 0.778. The molecule has 1 aliphatic heterocycles. The summed E-state index contributed by atoms with van der Waals surface area (Å²) >= 11 is 3.44. The molecule has 0 unspecified atom stereocenters. The van der Waals surface area contributed by atoms with Crippen molar-refractivity contribution < 1.29 is 4.79 Å². The predicted octanol–water partition coefficient (Wildman–Crippen LogP) is 2.18. The van der Waals surface area contributed by atoms with E-state index in [9.17, 15) is 4.79 Å². The van der Waals surface area contributed by atoms with Crippen LogP contribution < -0.4 is 5.32 Å². The van der Waals surface area contributed by atoms with E-state index in [2.05, 4.69) is 25.8 Å². The monoisotopic (exact) mass is 264 g/mol. The molecule has 0 saturated carbocycles. The fourth-order valence-electron chi connectivity index (χ4n) is 2.17. The largest absolute Gasteiger partial charge is 0.346 e. The van der Waals surface area contributed by atoms with Gasteiger partial charge in [-0.1, -0.05) is 22.0 Å². The van der Waals surface area contributed by atoms with Crippen LogP contribution >= 0.6 is 15.9 Å². The van der Waals surface area contributed by atoms with Gasteiger partial charge < -0.3 is 9.88 Å². The van der Waals surface area contributed by atoms with Crippen molar-refractivity contribution in [2.75, 3.05) is 0 Å². The lowest BCUT2D eigenvalue weighted by molar-refractivity contribution is 0.0967. The zero-order valence-electron chi connectivity index (χ0n) is 8.17. The highest BCUT2D eigenvalue weighted by atomic mass is 79.9. The molecule has 1 amide bonds. The highest BCUT2D eigenvalue weighted by molar-refractivity contribution is 9.10. The van der Waals surface area contributed by atoms with Crippen LogP contribution in [0.2, 0.25) is 0 Å². The Morgan fingerprint density at radius 2 is 2.27 bits per heavy atom. The Morgan fingerprint density at radius 1 is 1.47 bits per heavy atom. The van der Waals surface area contributed by atoms with Gasteiger partial charge in [0.1, 0.15) is 0 Å². The minimum Gasteiger partial charge on any atom is -0.346 e. The second kappa shape index (κ2) is 2.85. The van der Waals surface area contributed by atoms with Gasteiger partial charge in [0.15, 0.2) is 0 Å². The maximum atomic E-state index is 11.6. The van der Waals surface area contributed by atoms with Crippen LogP contribution in [0.5, 0.6) is 0 Å². The Morgan fingerprint density at radius 3 is 3.07 bits per heavy atom. The second-order valence-corrected chi connectivity index (χ2v) is 4.64. The van der Waals surface area contributed by atoms with Crippen molar-refractivity contribution in [2.45, 2.75) is 6.54 Å². The molecule has 1 aromatic heterocycles. The molecule has 0 radical (unpaired) electrons. The number of benzene rings is 1. The molecule has 76 valence electrons. The first-order valence-electron chi connectivity index (χ1n) is 4.73. The number of hydrogen-bond donors (Lipinski definition) is 1. The van der Waals surface area contributed by atoms with Crippen molar-refractivity contribution in [1.82, 2.24) is 9.88 Å². The molecule has 4 heteroatoms. The number of aryl methyl sites for hydroxylation is 1. The van der Waals surface area contributed by atoms with Gasteiger partial charge in [0.25, 0.3) is 5.91 Å². The fraction of sp³-hybridized carbons (Fsp3) is 0.182. The third-order valence-electron chi connectivity index (χ3n) is 2.93. The van der Waals surface area contributed by atoms with Crippen molar-refractivity contribution in [1.29, 1.82) is 0 Å². The predicted molar refractivity (Wildman–Crippen MR) is 61.8 cm³/mol. The number of hydrogen-bond acceptors (Lipinski definition) is 1. The molecule has 0 saturated heterocycles. The van der Waals surface area contributed by atoms with E-state index in [0.29, 0.717) is 6.54 Å². The number of carbonyl (C=O) groups excluding carboxylic acids is 1. The average molecular weight is 265 g/mol. The molecule has 2 aromatic rings. The summed E-state index contributed by atoms with van der Waals surface area (Å²) in [6.07, 6.45) is 0. The molecular formula is C11H9BrN2O. The lowest BCUT2D eigenvalue weighted by Crippen LogP contribution is -2.13. The number of aromatic nitrogens is 1. The van der Waals surface area contributed by atoms with Gasteiger partial charge in [-0.05, 0) is 12.1 Å². The maximum absolute atomic E-state index is 11.6. The maximum Gasteiger partial charge on any atom is 0.254 e. The van der Waals surface area contributed by atoms with Gasteiger partial charge in [0.05, 0.1) is 17.8 Å². The fourth-order valence-corrected chi connectivity index (χ4v) is 2.52. The van der Waals surface area contributed by atoms with Crippen LogP contribution in [0.4, 0.5) is 0 Å². The summed E-state index contributed by atoms with van der Waals surface area (Å²) in [5, 5.41) is 3.87. The van der Waals surface area contributed by atoms with Gasteiger partial charge in [0.2, 0.25) is 0 Å². The number of halogens is 1. The van der Waals surface area contributed by atoms with Gasteiger partial charge in [-0.3, -0.25) is 4.79 Å². The van der Waals surface area contributed by atoms with Crippen molar-refractivity contribution in [3.05, 3.63) is 33.9 Å². The lowest BCUT2D eigenvalue weighted by Gasteiger charge is -2.01. The molecule has 1 aliphatic rings. The summed E-state index contributed by atoms with van der Waals surface area (Å²) in [4.78, 5) is 11.6. The normalized spacial score (nSPS) is 14.4. The Kier molecular flexibility index (Phi) is 1.71. The van der Waals surface area contributed by atoms with Crippen LogP contribution in [0, 0.1) is 0 Å². The first-order chi connectivity index (χ1) is 7.18. The van der Waals surface area contributed by atoms with E-state index >= 15 is 0 Å². The average Bonchev–Trinajstić information content (AvgIpc) is 2.70. The van der Waals surface area contributed by atoms with Crippen LogP contribution in [0.3, 0.4) is 0 Å². The van der Waals surface area contributed by atoms with Crippen molar-refractivity contribution >= 4 is 32.7 Å². The molecule has 1 aromatic carbocycles. The van der Waals surface area contributed by atoms with E-state index < -0.39 is 0 Å². The van der Waals surface area contributed by atoms with E-state index in [1.807, 2.05) is 25.2 Å². The number of fused-ring (bicyclic) bond motifs is 3. The van der Waals surface area contributed by atoms with Gasteiger partial charge in [-0.2, -0.15) is 0 Å². The van der Waals surface area contributed by atoms with E-state index in [1.54, 1.807) is 0 Å². The third-order valence-corrected chi connectivity index (χ3v) is 3.42. The smallest absolute Gasteiger partial charge is 0.254 e. The molecular weight excluding hydrogens is 256 g/mol. The van der Waals surface area contributed by atoms with Gasteiger partial charge >= 0.3 is 0 Å². The number of carbonyl (C=O) groups is 1.